The molecule has 4 heteroatoms. The van der Waals surface area contributed by atoms with Crippen LogP contribution in [0.2, 0.25) is 0 Å². The summed E-state index contributed by atoms with van der Waals surface area (Å²) in [5.74, 6) is 0. The fourth-order valence-electron chi connectivity index (χ4n) is 3.46. The van der Waals surface area contributed by atoms with Gasteiger partial charge in [-0.15, -0.1) is 0 Å². The van der Waals surface area contributed by atoms with E-state index in [9.17, 15) is 0 Å². The molecule has 2 unspecified atom stereocenters. The predicted molar refractivity (Wildman–Crippen MR) is 72.4 cm³/mol. The first-order valence-electron chi connectivity index (χ1n) is 7.20. The molecule has 2 fully saturated rings. The summed E-state index contributed by atoms with van der Waals surface area (Å²) in [4.78, 5) is 2.66. The van der Waals surface area contributed by atoms with Gasteiger partial charge in [0.25, 0.3) is 0 Å². The first kappa shape index (κ1) is 12.2. The quantitative estimate of drug-likeness (QED) is 0.879. The van der Waals surface area contributed by atoms with Gasteiger partial charge in [-0.1, -0.05) is 0 Å². The van der Waals surface area contributed by atoms with Gasteiger partial charge in [0.05, 0.1) is 6.20 Å². The Labute approximate surface area is 109 Å². The molecular formula is C14H24N4. The molecule has 0 radical (unpaired) electrons. The van der Waals surface area contributed by atoms with Crippen LogP contribution in [-0.4, -0.2) is 39.9 Å². The van der Waals surface area contributed by atoms with Crippen molar-refractivity contribution in [2.45, 2.75) is 51.2 Å². The van der Waals surface area contributed by atoms with Crippen LogP contribution in [0.25, 0.3) is 0 Å². The first-order valence-corrected chi connectivity index (χ1v) is 7.20. The van der Waals surface area contributed by atoms with E-state index in [1.54, 1.807) is 0 Å². The van der Waals surface area contributed by atoms with E-state index in [0.717, 1.165) is 18.6 Å². The highest BCUT2D eigenvalue weighted by molar-refractivity contribution is 5.16. The Morgan fingerprint density at radius 1 is 1.39 bits per heavy atom. The van der Waals surface area contributed by atoms with Gasteiger partial charge in [-0.05, 0) is 45.7 Å². The van der Waals surface area contributed by atoms with Crippen LogP contribution in [-0.2, 0) is 13.6 Å². The summed E-state index contributed by atoms with van der Waals surface area (Å²) in [6.07, 6.45) is 7.44. The van der Waals surface area contributed by atoms with Crippen LogP contribution in [0, 0.1) is 6.92 Å². The molecular weight excluding hydrogens is 224 g/mol. The third kappa shape index (κ3) is 2.19. The molecule has 1 aromatic heterocycles. The maximum absolute atomic E-state index is 4.36. The zero-order valence-corrected chi connectivity index (χ0v) is 11.5. The number of nitrogens with zero attached hydrogens (tertiary/aromatic N) is 3. The highest BCUT2D eigenvalue weighted by Crippen LogP contribution is 2.26. The molecule has 0 amide bonds. The minimum Gasteiger partial charge on any atom is -0.312 e. The van der Waals surface area contributed by atoms with Crippen LogP contribution in [0.4, 0.5) is 0 Å². The summed E-state index contributed by atoms with van der Waals surface area (Å²) in [5, 5.41) is 8.03. The van der Waals surface area contributed by atoms with Crippen LogP contribution in [0.1, 0.15) is 36.9 Å². The standard InChI is InChI=1S/C14H24N4/c1-11-12(9-16-17(11)2)10-18-8-4-6-14(18)13-5-3-7-15-13/h9,13-15H,3-8,10H2,1-2H3. The monoisotopic (exact) mass is 248 g/mol. The van der Waals surface area contributed by atoms with Gasteiger partial charge in [0.15, 0.2) is 0 Å². The SMILES string of the molecule is Cc1c(CN2CCCC2C2CCCN2)cnn1C. The lowest BCUT2D eigenvalue weighted by Gasteiger charge is -2.29. The Balaban J connectivity index is 1.69. The molecule has 3 rings (SSSR count). The summed E-state index contributed by atoms with van der Waals surface area (Å²) in [6, 6.07) is 1.47. The average Bonchev–Trinajstić information content (AvgIpc) is 3.06. The van der Waals surface area contributed by atoms with Gasteiger partial charge in [-0.25, -0.2) is 0 Å². The van der Waals surface area contributed by atoms with E-state index in [2.05, 4.69) is 22.2 Å². The molecule has 2 saturated heterocycles. The van der Waals surface area contributed by atoms with Crippen molar-refractivity contribution in [2.24, 2.45) is 7.05 Å². The number of rotatable bonds is 3. The van der Waals surface area contributed by atoms with Gasteiger partial charge in [-0.2, -0.15) is 5.10 Å². The average molecular weight is 248 g/mol. The van der Waals surface area contributed by atoms with Gasteiger partial charge in [-0.3, -0.25) is 9.58 Å². The molecule has 18 heavy (non-hydrogen) atoms. The second-order valence-corrected chi connectivity index (χ2v) is 5.76. The molecule has 2 aliphatic rings. The van der Waals surface area contributed by atoms with Crippen molar-refractivity contribution in [3.8, 4) is 0 Å². The maximum atomic E-state index is 4.36. The fraction of sp³-hybridized carbons (Fsp3) is 0.786. The van der Waals surface area contributed by atoms with Crippen molar-refractivity contribution in [1.29, 1.82) is 0 Å². The van der Waals surface area contributed by atoms with E-state index in [4.69, 9.17) is 0 Å². The fourth-order valence-corrected chi connectivity index (χ4v) is 3.46. The lowest BCUT2D eigenvalue weighted by Crippen LogP contribution is -2.43. The largest absolute Gasteiger partial charge is 0.312 e. The van der Waals surface area contributed by atoms with E-state index in [0.29, 0.717) is 0 Å². The molecule has 0 bridgehead atoms. The first-order chi connectivity index (χ1) is 8.75. The third-order valence-corrected chi connectivity index (χ3v) is 4.69. The molecule has 1 aromatic rings. The molecule has 2 atom stereocenters. The van der Waals surface area contributed by atoms with Gasteiger partial charge < -0.3 is 5.32 Å². The van der Waals surface area contributed by atoms with E-state index in [-0.39, 0.29) is 0 Å². The second kappa shape index (κ2) is 5.02. The van der Waals surface area contributed by atoms with Crippen molar-refractivity contribution in [3.63, 3.8) is 0 Å². The van der Waals surface area contributed by atoms with Crippen LogP contribution >= 0.6 is 0 Å². The van der Waals surface area contributed by atoms with Gasteiger partial charge in [0, 0.05) is 36.9 Å². The summed E-state index contributed by atoms with van der Waals surface area (Å²) in [6.45, 7) is 5.70. The van der Waals surface area contributed by atoms with Crippen LogP contribution < -0.4 is 5.32 Å². The predicted octanol–water partition coefficient (Wildman–Crippen LogP) is 1.44. The maximum Gasteiger partial charge on any atom is 0.0537 e. The smallest absolute Gasteiger partial charge is 0.0537 e. The highest BCUT2D eigenvalue weighted by Gasteiger charge is 2.33. The normalized spacial score (nSPS) is 29.2. The van der Waals surface area contributed by atoms with E-state index in [1.165, 1.54) is 50.0 Å². The number of aryl methyl sites for hydroxylation is 1. The number of hydrogen-bond acceptors (Lipinski definition) is 3. The lowest BCUT2D eigenvalue weighted by atomic mass is 10.0. The Bertz CT molecular complexity index is 406. The molecule has 0 saturated carbocycles. The Hall–Kier alpha value is -0.870. The third-order valence-electron chi connectivity index (χ3n) is 4.69. The summed E-state index contributed by atoms with van der Waals surface area (Å²) in [7, 11) is 2.03. The van der Waals surface area contributed by atoms with Crippen LogP contribution in [0.15, 0.2) is 6.20 Å². The summed E-state index contributed by atoms with van der Waals surface area (Å²) in [5.41, 5.74) is 2.70. The molecule has 0 aliphatic carbocycles. The molecule has 2 aliphatic heterocycles. The minimum absolute atomic E-state index is 0.726. The van der Waals surface area contributed by atoms with Gasteiger partial charge in [0.1, 0.15) is 0 Å². The van der Waals surface area contributed by atoms with Gasteiger partial charge >= 0.3 is 0 Å². The molecule has 4 nitrogen and oxygen atoms in total. The summed E-state index contributed by atoms with van der Waals surface area (Å²) < 4.78 is 1.98. The van der Waals surface area contributed by atoms with Crippen LogP contribution in [0.3, 0.4) is 0 Å². The Morgan fingerprint density at radius 2 is 2.28 bits per heavy atom. The number of likely N-dealkylation sites (tertiary alicyclic amines) is 1. The molecule has 0 spiro atoms. The zero-order chi connectivity index (χ0) is 12.5. The van der Waals surface area contributed by atoms with Crippen molar-refractivity contribution < 1.29 is 0 Å². The highest BCUT2D eigenvalue weighted by atomic mass is 15.3. The zero-order valence-electron chi connectivity index (χ0n) is 11.5. The van der Waals surface area contributed by atoms with Crippen molar-refractivity contribution in [3.05, 3.63) is 17.5 Å². The number of hydrogen-bond donors (Lipinski definition) is 1. The summed E-state index contributed by atoms with van der Waals surface area (Å²) >= 11 is 0. The van der Waals surface area contributed by atoms with E-state index < -0.39 is 0 Å². The number of aromatic nitrogens is 2. The second-order valence-electron chi connectivity index (χ2n) is 5.76. The van der Waals surface area contributed by atoms with E-state index >= 15 is 0 Å². The molecule has 100 valence electrons. The van der Waals surface area contributed by atoms with Crippen molar-refractivity contribution in [1.82, 2.24) is 20.0 Å². The van der Waals surface area contributed by atoms with Gasteiger partial charge in [0.2, 0.25) is 0 Å². The van der Waals surface area contributed by atoms with Crippen LogP contribution in [0.5, 0.6) is 0 Å². The topological polar surface area (TPSA) is 33.1 Å². The number of nitrogens with one attached hydrogen (secondary N) is 1. The lowest BCUT2D eigenvalue weighted by molar-refractivity contribution is 0.206. The molecule has 1 N–H and O–H groups in total. The molecule has 3 heterocycles. The Morgan fingerprint density at radius 3 is 2.94 bits per heavy atom. The van der Waals surface area contributed by atoms with Crippen molar-refractivity contribution >= 4 is 0 Å². The van der Waals surface area contributed by atoms with Crippen molar-refractivity contribution in [2.75, 3.05) is 13.1 Å². The molecule has 0 aromatic carbocycles. The minimum atomic E-state index is 0.726. The Kier molecular flexibility index (Phi) is 3.39. The van der Waals surface area contributed by atoms with E-state index in [1.807, 2.05) is 17.9 Å².